The molecule has 0 aliphatic rings. The van der Waals surface area contributed by atoms with Gasteiger partial charge >= 0.3 is 0 Å². The summed E-state index contributed by atoms with van der Waals surface area (Å²) in [6.07, 6.45) is 0. The SMILES string of the molecule is Nc1ccc(SCCSc2ccc(F)cc2)c(Cl)c1. The van der Waals surface area contributed by atoms with Crippen LogP contribution in [0.2, 0.25) is 5.02 Å². The zero-order chi connectivity index (χ0) is 13.7. The third-order valence-corrected chi connectivity index (χ3v) is 5.15. The maximum Gasteiger partial charge on any atom is 0.123 e. The molecule has 2 N–H and O–H groups in total. The summed E-state index contributed by atoms with van der Waals surface area (Å²) in [6, 6.07) is 12.1. The summed E-state index contributed by atoms with van der Waals surface area (Å²) in [5.74, 6) is 1.68. The van der Waals surface area contributed by atoms with Gasteiger partial charge < -0.3 is 5.73 Å². The number of benzene rings is 2. The molecular weight excluding hydrogens is 301 g/mol. The molecule has 0 saturated heterocycles. The van der Waals surface area contributed by atoms with Gasteiger partial charge in [0, 0.05) is 27.0 Å². The fourth-order valence-electron chi connectivity index (χ4n) is 1.48. The summed E-state index contributed by atoms with van der Waals surface area (Å²) < 4.78 is 12.7. The smallest absolute Gasteiger partial charge is 0.123 e. The first-order valence-electron chi connectivity index (χ1n) is 5.71. The average Bonchev–Trinajstić information content (AvgIpc) is 2.39. The van der Waals surface area contributed by atoms with Crippen LogP contribution in [0.15, 0.2) is 52.3 Å². The van der Waals surface area contributed by atoms with E-state index in [1.807, 2.05) is 12.1 Å². The second kappa shape index (κ2) is 7.08. The van der Waals surface area contributed by atoms with E-state index in [-0.39, 0.29) is 5.82 Å². The Labute approximate surface area is 125 Å². The topological polar surface area (TPSA) is 26.0 Å². The van der Waals surface area contributed by atoms with Crippen molar-refractivity contribution in [2.75, 3.05) is 17.2 Å². The van der Waals surface area contributed by atoms with Crippen molar-refractivity contribution in [3.63, 3.8) is 0 Å². The Morgan fingerprint density at radius 1 is 1.00 bits per heavy atom. The van der Waals surface area contributed by atoms with Gasteiger partial charge in [0.2, 0.25) is 0 Å². The minimum absolute atomic E-state index is 0.201. The summed E-state index contributed by atoms with van der Waals surface area (Å²) in [5.41, 5.74) is 6.32. The molecule has 2 aromatic rings. The van der Waals surface area contributed by atoms with Crippen molar-refractivity contribution in [1.82, 2.24) is 0 Å². The van der Waals surface area contributed by atoms with E-state index in [4.69, 9.17) is 17.3 Å². The summed E-state index contributed by atoms with van der Waals surface area (Å²) in [6.45, 7) is 0. The average molecular weight is 314 g/mol. The first-order valence-corrected chi connectivity index (χ1v) is 8.06. The zero-order valence-electron chi connectivity index (χ0n) is 10.1. The van der Waals surface area contributed by atoms with Crippen molar-refractivity contribution in [3.8, 4) is 0 Å². The summed E-state index contributed by atoms with van der Waals surface area (Å²) in [7, 11) is 0. The Morgan fingerprint density at radius 2 is 1.68 bits per heavy atom. The van der Waals surface area contributed by atoms with Crippen molar-refractivity contribution in [2.24, 2.45) is 0 Å². The van der Waals surface area contributed by atoms with E-state index in [1.54, 1.807) is 41.7 Å². The summed E-state index contributed by atoms with van der Waals surface area (Å²) in [4.78, 5) is 2.11. The highest BCUT2D eigenvalue weighted by atomic mass is 35.5. The molecule has 2 aromatic carbocycles. The Hall–Kier alpha value is -0.840. The molecule has 0 aliphatic carbocycles. The zero-order valence-corrected chi connectivity index (χ0v) is 12.5. The molecular formula is C14H13ClFNS2. The minimum Gasteiger partial charge on any atom is -0.399 e. The van der Waals surface area contributed by atoms with Gasteiger partial charge in [0.1, 0.15) is 5.82 Å². The van der Waals surface area contributed by atoms with Crippen molar-refractivity contribution in [2.45, 2.75) is 9.79 Å². The Balaban J connectivity index is 1.79. The van der Waals surface area contributed by atoms with Crippen LogP contribution in [0, 0.1) is 5.82 Å². The summed E-state index contributed by atoms with van der Waals surface area (Å²) >= 11 is 9.49. The maximum atomic E-state index is 12.7. The second-order valence-electron chi connectivity index (χ2n) is 3.84. The van der Waals surface area contributed by atoms with Crippen LogP contribution in [0.3, 0.4) is 0 Å². The highest BCUT2D eigenvalue weighted by Gasteiger charge is 2.02. The minimum atomic E-state index is -0.201. The number of nitrogens with two attached hydrogens (primary N) is 1. The molecule has 0 heterocycles. The Morgan fingerprint density at radius 3 is 2.37 bits per heavy atom. The van der Waals surface area contributed by atoms with Gasteiger partial charge in [0.05, 0.1) is 5.02 Å². The molecule has 5 heteroatoms. The molecule has 0 fully saturated rings. The predicted molar refractivity (Wildman–Crippen MR) is 83.7 cm³/mol. The number of anilines is 1. The van der Waals surface area contributed by atoms with Crippen molar-refractivity contribution in [1.29, 1.82) is 0 Å². The van der Waals surface area contributed by atoms with E-state index in [1.165, 1.54) is 12.1 Å². The van der Waals surface area contributed by atoms with Crippen LogP contribution in [0.5, 0.6) is 0 Å². The van der Waals surface area contributed by atoms with Gasteiger partial charge in [-0.05, 0) is 42.5 Å². The molecule has 0 aliphatic heterocycles. The van der Waals surface area contributed by atoms with Crippen LogP contribution in [0.25, 0.3) is 0 Å². The maximum absolute atomic E-state index is 12.7. The highest BCUT2D eigenvalue weighted by molar-refractivity contribution is 8.03. The number of hydrogen-bond donors (Lipinski definition) is 1. The van der Waals surface area contributed by atoms with E-state index >= 15 is 0 Å². The highest BCUT2D eigenvalue weighted by Crippen LogP contribution is 2.30. The standard InChI is InChI=1S/C14H13ClFNS2/c15-13-9-11(17)3-6-14(13)19-8-7-18-12-4-1-10(16)2-5-12/h1-6,9H,7-8,17H2. The lowest BCUT2D eigenvalue weighted by Gasteiger charge is -2.05. The van der Waals surface area contributed by atoms with Gasteiger partial charge in [-0.1, -0.05) is 11.6 Å². The van der Waals surface area contributed by atoms with E-state index in [2.05, 4.69) is 0 Å². The van der Waals surface area contributed by atoms with Gasteiger partial charge in [-0.15, -0.1) is 23.5 Å². The third kappa shape index (κ3) is 4.64. The molecule has 1 nitrogen and oxygen atoms in total. The van der Waals surface area contributed by atoms with Gasteiger partial charge in [-0.2, -0.15) is 0 Å². The molecule has 0 spiro atoms. The molecule has 2 rings (SSSR count). The van der Waals surface area contributed by atoms with E-state index in [0.717, 1.165) is 21.3 Å². The molecule has 0 bridgehead atoms. The number of nitrogen functional groups attached to an aromatic ring is 1. The quantitative estimate of drug-likeness (QED) is 0.481. The number of rotatable bonds is 5. The van der Waals surface area contributed by atoms with Crippen LogP contribution < -0.4 is 5.73 Å². The van der Waals surface area contributed by atoms with Crippen molar-refractivity contribution >= 4 is 40.8 Å². The van der Waals surface area contributed by atoms with Crippen LogP contribution in [-0.2, 0) is 0 Å². The van der Waals surface area contributed by atoms with Crippen LogP contribution in [-0.4, -0.2) is 11.5 Å². The third-order valence-electron chi connectivity index (χ3n) is 2.38. The predicted octanol–water partition coefficient (Wildman–Crippen LogP) is 4.95. The lowest BCUT2D eigenvalue weighted by molar-refractivity contribution is 0.626. The largest absolute Gasteiger partial charge is 0.399 e. The van der Waals surface area contributed by atoms with Crippen LogP contribution in [0.4, 0.5) is 10.1 Å². The molecule has 0 unspecified atom stereocenters. The summed E-state index contributed by atoms with van der Waals surface area (Å²) in [5, 5.41) is 0.691. The molecule has 19 heavy (non-hydrogen) atoms. The fourth-order valence-corrected chi connectivity index (χ4v) is 3.64. The molecule has 0 amide bonds. The van der Waals surface area contributed by atoms with Gasteiger partial charge in [0.15, 0.2) is 0 Å². The number of hydrogen-bond acceptors (Lipinski definition) is 3. The first-order chi connectivity index (χ1) is 9.15. The molecule has 0 saturated carbocycles. The first kappa shape index (κ1) is 14.6. The normalized spacial score (nSPS) is 10.6. The Kier molecular flexibility index (Phi) is 5.43. The van der Waals surface area contributed by atoms with Crippen molar-refractivity contribution in [3.05, 3.63) is 53.3 Å². The molecule has 0 aromatic heterocycles. The van der Waals surface area contributed by atoms with Gasteiger partial charge in [-0.3, -0.25) is 0 Å². The van der Waals surface area contributed by atoms with Gasteiger partial charge in [0.25, 0.3) is 0 Å². The second-order valence-corrected chi connectivity index (χ2v) is 6.55. The fraction of sp³-hybridized carbons (Fsp3) is 0.143. The van der Waals surface area contributed by atoms with E-state index in [0.29, 0.717) is 10.7 Å². The lowest BCUT2D eigenvalue weighted by atomic mass is 10.3. The van der Waals surface area contributed by atoms with E-state index in [9.17, 15) is 4.39 Å². The van der Waals surface area contributed by atoms with Crippen LogP contribution >= 0.6 is 35.1 Å². The van der Waals surface area contributed by atoms with E-state index < -0.39 is 0 Å². The van der Waals surface area contributed by atoms with Crippen LogP contribution in [0.1, 0.15) is 0 Å². The van der Waals surface area contributed by atoms with Gasteiger partial charge in [-0.25, -0.2) is 4.39 Å². The number of thioether (sulfide) groups is 2. The molecule has 0 atom stereocenters. The van der Waals surface area contributed by atoms with Crippen molar-refractivity contribution < 1.29 is 4.39 Å². The lowest BCUT2D eigenvalue weighted by Crippen LogP contribution is -1.87. The number of halogens is 2. The molecule has 0 radical (unpaired) electrons. The monoisotopic (exact) mass is 313 g/mol. The molecule has 100 valence electrons. The Bertz CT molecular complexity index is 546.